The van der Waals surface area contributed by atoms with E-state index < -0.39 is 0 Å². The number of azo groups is 1. The van der Waals surface area contributed by atoms with E-state index in [1.165, 1.54) is 0 Å². The van der Waals surface area contributed by atoms with Crippen molar-refractivity contribution in [2.45, 2.75) is 0 Å². The lowest BCUT2D eigenvalue weighted by Gasteiger charge is -2.04. The van der Waals surface area contributed by atoms with Crippen LogP contribution in [0.2, 0.25) is 0 Å². The summed E-state index contributed by atoms with van der Waals surface area (Å²) in [6, 6.07) is 0. The predicted octanol–water partition coefficient (Wildman–Crippen LogP) is 0.880. The van der Waals surface area contributed by atoms with Crippen LogP contribution in [0, 0.1) is 0 Å². The fourth-order valence-corrected chi connectivity index (χ4v) is 0.520. The van der Waals surface area contributed by atoms with Gasteiger partial charge in [-0.25, -0.2) is 0 Å². The van der Waals surface area contributed by atoms with Gasteiger partial charge in [-0.15, -0.1) is 14.7 Å². The van der Waals surface area contributed by atoms with E-state index in [4.69, 9.17) is 11.8 Å². The molecule has 1 aliphatic heterocycles. The highest BCUT2D eigenvalue weighted by Gasteiger charge is 2.09. The molecule has 10 heavy (non-hydrogen) atoms. The van der Waals surface area contributed by atoms with Gasteiger partial charge in [0.1, 0.15) is 0 Å². The quantitative estimate of drug-likeness (QED) is 0.518. The number of hydrogen-bond acceptors (Lipinski definition) is 3. The number of aliphatic imine (C=N–C) groups is 1. The monoisotopic (exact) mass is 159 g/mol. The van der Waals surface area contributed by atoms with Crippen LogP contribution < -0.4 is 0 Å². The highest BCUT2D eigenvalue weighted by molar-refractivity contribution is 6.20. The third-order valence-corrected chi connectivity index (χ3v) is 1.06. The van der Waals surface area contributed by atoms with E-state index in [2.05, 4.69) is 19.7 Å². The van der Waals surface area contributed by atoms with Crippen molar-refractivity contribution in [2.24, 2.45) is 19.7 Å². The van der Waals surface area contributed by atoms with Gasteiger partial charge >= 0.3 is 0 Å². The predicted molar refractivity (Wildman–Crippen MR) is 39.3 cm³/mol. The topological polar surface area (TPSA) is 52.7 Å². The SMILES string of the molecule is CN(C)C1=NC(=NCl)N=N1. The van der Waals surface area contributed by atoms with Crippen LogP contribution in [0.15, 0.2) is 19.7 Å². The first-order chi connectivity index (χ1) is 4.74. The van der Waals surface area contributed by atoms with Crippen LogP contribution in [0.3, 0.4) is 0 Å². The summed E-state index contributed by atoms with van der Waals surface area (Å²) in [6.07, 6.45) is 0. The standard InChI is InChI=1S/C4H6ClN5/c1-10(2)4-6-3(7-5)8-9-4/h1-2H3. The Hall–Kier alpha value is -0.970. The van der Waals surface area contributed by atoms with Crippen molar-refractivity contribution in [3.05, 3.63) is 0 Å². The molecule has 0 atom stereocenters. The number of nitrogens with zero attached hydrogens (tertiary/aromatic N) is 5. The highest BCUT2D eigenvalue weighted by Crippen LogP contribution is 2.01. The fourth-order valence-electron chi connectivity index (χ4n) is 0.449. The molecule has 1 rings (SSSR count). The third kappa shape index (κ3) is 1.30. The number of hydrogen-bond donors (Lipinski definition) is 0. The van der Waals surface area contributed by atoms with Crippen LogP contribution >= 0.6 is 11.8 Å². The van der Waals surface area contributed by atoms with Crippen molar-refractivity contribution >= 4 is 23.7 Å². The first kappa shape index (κ1) is 7.14. The summed E-state index contributed by atoms with van der Waals surface area (Å²) in [6.45, 7) is 0. The lowest BCUT2D eigenvalue weighted by atomic mass is 10.8. The highest BCUT2D eigenvalue weighted by atomic mass is 35.5. The molecule has 1 heterocycles. The van der Waals surface area contributed by atoms with E-state index in [1.54, 1.807) is 4.90 Å². The Morgan fingerprint density at radius 2 is 2.10 bits per heavy atom. The van der Waals surface area contributed by atoms with Gasteiger partial charge in [0.05, 0.1) is 0 Å². The molecule has 1 aliphatic rings. The second kappa shape index (κ2) is 2.74. The molecular formula is C4H6ClN5. The molecule has 0 amide bonds. The van der Waals surface area contributed by atoms with Gasteiger partial charge in [-0.2, -0.15) is 4.99 Å². The van der Waals surface area contributed by atoms with Gasteiger partial charge in [-0.3, -0.25) is 0 Å². The molecular weight excluding hydrogens is 154 g/mol. The smallest absolute Gasteiger partial charge is 0.284 e. The largest absolute Gasteiger partial charge is 0.346 e. The number of rotatable bonds is 0. The molecule has 0 spiro atoms. The van der Waals surface area contributed by atoms with E-state index >= 15 is 0 Å². The van der Waals surface area contributed by atoms with Gasteiger partial charge in [0.25, 0.3) is 5.96 Å². The number of guanidine groups is 2. The molecule has 0 aliphatic carbocycles. The van der Waals surface area contributed by atoms with Gasteiger partial charge in [-0.1, -0.05) is 0 Å². The second-order valence-electron chi connectivity index (χ2n) is 1.89. The molecule has 6 heteroatoms. The van der Waals surface area contributed by atoms with Crippen LogP contribution in [0.25, 0.3) is 0 Å². The van der Waals surface area contributed by atoms with Crippen LogP contribution in [0.5, 0.6) is 0 Å². The first-order valence-electron chi connectivity index (χ1n) is 2.61. The van der Waals surface area contributed by atoms with E-state index in [0.29, 0.717) is 5.96 Å². The van der Waals surface area contributed by atoms with Crippen LogP contribution in [-0.4, -0.2) is 30.9 Å². The summed E-state index contributed by atoms with van der Waals surface area (Å²) in [7, 11) is 3.63. The normalized spacial score (nSPS) is 19.9. The molecule has 0 fully saturated rings. The van der Waals surface area contributed by atoms with Gasteiger partial charge < -0.3 is 4.90 Å². The zero-order valence-corrected chi connectivity index (χ0v) is 6.37. The maximum atomic E-state index is 5.09. The lowest BCUT2D eigenvalue weighted by Crippen LogP contribution is -2.17. The summed E-state index contributed by atoms with van der Waals surface area (Å²) in [5.74, 6) is 0.713. The summed E-state index contributed by atoms with van der Waals surface area (Å²) in [5, 5.41) is 7.23. The summed E-state index contributed by atoms with van der Waals surface area (Å²) in [5.41, 5.74) is 0. The zero-order chi connectivity index (χ0) is 7.56. The number of halogens is 1. The van der Waals surface area contributed by atoms with Crippen LogP contribution in [-0.2, 0) is 0 Å². The molecule has 0 saturated heterocycles. The molecule has 0 aromatic heterocycles. The average Bonchev–Trinajstić information content (AvgIpc) is 2.34. The third-order valence-electron chi connectivity index (χ3n) is 0.904. The van der Waals surface area contributed by atoms with Crippen molar-refractivity contribution in [3.63, 3.8) is 0 Å². The molecule has 54 valence electrons. The summed E-state index contributed by atoms with van der Waals surface area (Å²) < 4.78 is 3.23. The minimum Gasteiger partial charge on any atom is -0.346 e. The van der Waals surface area contributed by atoms with Gasteiger partial charge in [0, 0.05) is 25.9 Å². The molecule has 0 bridgehead atoms. The van der Waals surface area contributed by atoms with Crippen LogP contribution in [0.4, 0.5) is 0 Å². The molecule has 0 radical (unpaired) electrons. The Morgan fingerprint density at radius 3 is 2.40 bits per heavy atom. The Morgan fingerprint density at radius 1 is 1.40 bits per heavy atom. The maximum absolute atomic E-state index is 5.09. The minimum absolute atomic E-state index is 0.199. The maximum Gasteiger partial charge on any atom is 0.284 e. The minimum atomic E-state index is 0.199. The van der Waals surface area contributed by atoms with E-state index in [1.807, 2.05) is 14.1 Å². The average molecular weight is 160 g/mol. The van der Waals surface area contributed by atoms with Gasteiger partial charge in [0.2, 0.25) is 5.96 Å². The Kier molecular flexibility index (Phi) is 1.96. The van der Waals surface area contributed by atoms with Gasteiger partial charge in [-0.05, 0) is 0 Å². The molecule has 5 nitrogen and oxygen atoms in total. The van der Waals surface area contributed by atoms with Crippen LogP contribution in [0.1, 0.15) is 0 Å². The molecule has 0 saturated carbocycles. The van der Waals surface area contributed by atoms with Crippen molar-refractivity contribution in [1.29, 1.82) is 0 Å². The van der Waals surface area contributed by atoms with Gasteiger partial charge in [0.15, 0.2) is 0 Å². The molecule has 0 aromatic rings. The van der Waals surface area contributed by atoms with E-state index in [0.717, 1.165) is 0 Å². The van der Waals surface area contributed by atoms with Crippen molar-refractivity contribution in [2.75, 3.05) is 14.1 Å². The molecule has 0 aromatic carbocycles. The van der Waals surface area contributed by atoms with E-state index in [-0.39, 0.29) is 5.96 Å². The summed E-state index contributed by atoms with van der Waals surface area (Å²) >= 11 is 5.09. The molecule has 0 N–H and O–H groups in total. The Balaban J connectivity index is 2.78. The Bertz CT molecular complexity index is 216. The first-order valence-corrected chi connectivity index (χ1v) is 2.94. The zero-order valence-electron chi connectivity index (χ0n) is 5.61. The lowest BCUT2D eigenvalue weighted by molar-refractivity contribution is 0.615. The van der Waals surface area contributed by atoms with Crippen molar-refractivity contribution in [3.8, 4) is 0 Å². The fraction of sp³-hybridized carbons (Fsp3) is 0.500. The van der Waals surface area contributed by atoms with Crippen molar-refractivity contribution in [1.82, 2.24) is 4.90 Å². The summed E-state index contributed by atoms with van der Waals surface area (Å²) in [4.78, 5) is 5.55. The van der Waals surface area contributed by atoms with E-state index in [9.17, 15) is 0 Å². The van der Waals surface area contributed by atoms with Crippen molar-refractivity contribution < 1.29 is 0 Å². The second-order valence-corrected chi connectivity index (χ2v) is 2.06. The molecule has 0 unspecified atom stereocenters. The Labute approximate surface area is 63.2 Å².